The fourth-order valence-corrected chi connectivity index (χ4v) is 11.1. The number of aromatic amines is 1. The van der Waals surface area contributed by atoms with Crippen molar-refractivity contribution in [1.29, 1.82) is 0 Å². The van der Waals surface area contributed by atoms with E-state index in [1.807, 2.05) is 0 Å². The number of amides is 6. The first-order chi connectivity index (χ1) is 39.0. The number of anilines is 3. The highest BCUT2D eigenvalue weighted by Crippen LogP contribution is 2.54. The van der Waals surface area contributed by atoms with Gasteiger partial charge in [-0.25, -0.2) is 33.9 Å². The number of nitrogens with two attached hydrogens (primary N) is 1. The van der Waals surface area contributed by atoms with Crippen molar-refractivity contribution < 1.29 is 90.2 Å². The summed E-state index contributed by atoms with van der Waals surface area (Å²) in [5.74, 6) is -3.02. The lowest BCUT2D eigenvalue weighted by atomic mass is 10.0. The molecule has 9 rings (SSSR count). The maximum Gasteiger partial charge on any atom is 0.472 e. The van der Waals surface area contributed by atoms with E-state index in [1.54, 1.807) is 26.0 Å². The first-order valence-corrected chi connectivity index (χ1v) is 28.3. The number of hydrogen-bond donors (Lipinski definition) is 10. The Kier molecular flexibility index (Phi) is 17.7. The number of H-pyrrole nitrogens is 1. The smallest absolute Gasteiger partial charge is 0.444 e. The zero-order valence-electron chi connectivity index (χ0n) is 43.6. The molecule has 4 aromatic heterocycles. The molecule has 0 bridgehead atoms. The molecule has 440 valence electrons. The average Bonchev–Trinajstić information content (AvgIpc) is 4.26. The Balaban J connectivity index is 0.757. The molecule has 8 heterocycles. The fraction of sp³-hybridized carbons (Fsp3) is 0.478. The average molecular weight is 1190 g/mol. The number of phosphoric acid groups is 2. The van der Waals surface area contributed by atoms with Gasteiger partial charge in [0.05, 0.1) is 25.9 Å². The van der Waals surface area contributed by atoms with Crippen LogP contribution in [0.2, 0.25) is 0 Å². The van der Waals surface area contributed by atoms with Gasteiger partial charge in [-0.2, -0.15) is 4.98 Å². The summed E-state index contributed by atoms with van der Waals surface area (Å²) in [4.78, 5) is 133. The Labute approximate surface area is 462 Å². The molecule has 3 saturated heterocycles. The summed E-state index contributed by atoms with van der Waals surface area (Å²) in [5.41, 5.74) is 5.35. The lowest BCUT2D eigenvalue weighted by Crippen LogP contribution is -2.53. The van der Waals surface area contributed by atoms with Gasteiger partial charge in [0.1, 0.15) is 61.6 Å². The van der Waals surface area contributed by atoms with Crippen LogP contribution in [0, 0.1) is 5.92 Å². The van der Waals surface area contributed by atoms with Gasteiger partial charge in [0.15, 0.2) is 40.6 Å². The molecule has 0 aliphatic carbocycles. The molecule has 3 fully saturated rings. The first kappa shape index (κ1) is 59.2. The van der Waals surface area contributed by atoms with Gasteiger partial charge >= 0.3 is 21.7 Å². The molecular weight excluding hydrogens is 1130 g/mol. The third-order valence-electron chi connectivity index (χ3n) is 13.3. The number of rotatable bonds is 17. The summed E-state index contributed by atoms with van der Waals surface area (Å²) in [6.07, 6.45) is -7.25. The van der Waals surface area contributed by atoms with Gasteiger partial charge in [-0.05, 0) is 43.4 Å². The molecular formula is C46H56N14O20P2. The number of phosphoric ester groups is 2. The molecule has 12 atom stereocenters. The van der Waals surface area contributed by atoms with Crippen LogP contribution in [0.5, 0.6) is 0 Å². The fourth-order valence-electron chi connectivity index (χ4n) is 9.14. The van der Waals surface area contributed by atoms with E-state index in [0.29, 0.717) is 30.5 Å². The van der Waals surface area contributed by atoms with Crippen molar-refractivity contribution in [3.63, 3.8) is 0 Å². The second kappa shape index (κ2) is 24.6. The van der Waals surface area contributed by atoms with E-state index in [1.165, 1.54) is 31.2 Å². The van der Waals surface area contributed by atoms with Gasteiger partial charge in [-0.1, -0.05) is 32.4 Å². The Morgan fingerprint density at radius 1 is 0.780 bits per heavy atom. The van der Waals surface area contributed by atoms with Gasteiger partial charge < -0.3 is 55.9 Å². The molecule has 0 radical (unpaired) electrons. The SMILES string of the molecule is CC(C)[C@H](NC(=O)CCCCCN1C(=O)C=CC1=O)C(=O)N[C@@H](C)C(=O)Nc1ccc(COC(=O)Nc2ncnc3c2ncn3[C@@H]2O[C@@H]3COP(=O)(O)O[C@H]4[C@@H](O)[C@H](n5cnc6c(=O)[nH]c(N)nc65)O[C@@H]4COP(=O)(O)O[C@H]3[C@H]2O)cc1. The van der Waals surface area contributed by atoms with Crippen molar-refractivity contribution in [3.8, 4) is 0 Å². The van der Waals surface area contributed by atoms with Gasteiger partial charge in [0.25, 0.3) is 17.4 Å². The van der Waals surface area contributed by atoms with Gasteiger partial charge in [-0.3, -0.25) is 71.2 Å². The molecule has 0 saturated carbocycles. The minimum Gasteiger partial charge on any atom is -0.444 e. The summed E-state index contributed by atoms with van der Waals surface area (Å²) in [6, 6.07) is 4.26. The van der Waals surface area contributed by atoms with Crippen LogP contribution in [0.25, 0.3) is 22.3 Å². The minimum absolute atomic E-state index is 0.0504. The second-order valence-electron chi connectivity index (χ2n) is 19.5. The van der Waals surface area contributed by atoms with Crippen molar-refractivity contribution in [3.05, 3.63) is 71.3 Å². The number of aromatic nitrogens is 8. The van der Waals surface area contributed by atoms with E-state index >= 15 is 0 Å². The number of fused-ring (bicyclic) bond motifs is 4. The standard InChI is InChI=1S/C46H56N14O20P2/c1-21(2)30(54-27(61)7-5-4-6-14-58-28(62)12-13-29(58)63)41(67)52-22(3)40(66)53-24-10-8-23(9-11-24)15-74-46(69)55-37-31-38(49-18-48-37)59(19-50-31)43-33(64)35-25(77-43)16-75-82(72,73)80-36-26(17-76-81(70,71)79-35)78-44(34(36)65)60-20-51-32-39(60)56-45(47)57-42(32)68/h8-13,18-22,25-26,30,33-36,43-44,64-65H,4-7,14-17H2,1-3H3,(H,52,67)(H,53,66)(H,54,61)(H,70,71)(H,72,73)(H3,47,56,57,68)(H,48,49,55,69)/t22-,25+,26+,30-,33+,34+,35+,36+,43+,44+/m0/s1. The maximum atomic E-state index is 13.5. The summed E-state index contributed by atoms with van der Waals surface area (Å²) in [5, 5.41) is 33.4. The van der Waals surface area contributed by atoms with Crippen LogP contribution >= 0.6 is 15.6 Å². The molecule has 4 aliphatic rings. The zero-order chi connectivity index (χ0) is 58.8. The van der Waals surface area contributed by atoms with Crippen molar-refractivity contribution in [1.82, 2.24) is 54.6 Å². The third kappa shape index (κ3) is 13.4. The normalized spacial score (nSPS) is 27.3. The van der Waals surface area contributed by atoms with Crippen molar-refractivity contribution in [2.75, 3.05) is 36.1 Å². The number of unbranched alkanes of at least 4 members (excludes halogenated alkanes) is 2. The van der Waals surface area contributed by atoms with Crippen molar-refractivity contribution >= 4 is 91.1 Å². The lowest BCUT2D eigenvalue weighted by molar-refractivity contribution is -0.137. The minimum atomic E-state index is -5.22. The summed E-state index contributed by atoms with van der Waals surface area (Å²) in [6.45, 7) is 3.10. The first-order valence-electron chi connectivity index (χ1n) is 25.3. The number of carbonyl (C=O) groups is 6. The Bertz CT molecular complexity index is 3430. The van der Waals surface area contributed by atoms with Gasteiger partial charge in [0, 0.05) is 30.8 Å². The molecule has 5 aromatic rings. The predicted octanol–water partition coefficient (Wildman–Crippen LogP) is -0.106. The Hall–Kier alpha value is -7.46. The van der Waals surface area contributed by atoms with Crippen LogP contribution in [0.1, 0.15) is 64.5 Å². The van der Waals surface area contributed by atoms with E-state index in [2.05, 4.69) is 51.2 Å². The molecule has 2 unspecified atom stereocenters. The summed E-state index contributed by atoms with van der Waals surface area (Å²) in [7, 11) is -10.4. The number of hydrogen-bond acceptors (Lipinski definition) is 24. The van der Waals surface area contributed by atoms with Crippen molar-refractivity contribution in [2.45, 2.75) is 114 Å². The molecule has 82 heavy (non-hydrogen) atoms. The van der Waals surface area contributed by atoms with Crippen LogP contribution < -0.4 is 32.6 Å². The van der Waals surface area contributed by atoms with Crippen LogP contribution in [-0.2, 0) is 72.0 Å². The molecule has 1 aromatic carbocycles. The van der Waals surface area contributed by atoms with Crippen LogP contribution in [-0.4, -0.2) is 168 Å². The number of aliphatic hydroxyl groups excluding tert-OH is 2. The largest absolute Gasteiger partial charge is 0.472 e. The highest BCUT2D eigenvalue weighted by Gasteiger charge is 2.54. The van der Waals surface area contributed by atoms with Gasteiger partial charge in [0.2, 0.25) is 23.7 Å². The van der Waals surface area contributed by atoms with Crippen LogP contribution in [0.4, 0.5) is 22.2 Å². The Morgan fingerprint density at radius 2 is 1.38 bits per heavy atom. The second-order valence-corrected chi connectivity index (χ2v) is 22.3. The molecule has 34 nitrogen and oxygen atoms in total. The number of nitrogens with zero attached hydrogens (tertiary/aromatic N) is 8. The maximum absolute atomic E-state index is 13.5. The van der Waals surface area contributed by atoms with E-state index in [-0.39, 0.29) is 77.3 Å². The number of aliphatic hydroxyl groups is 2. The van der Waals surface area contributed by atoms with E-state index < -0.39 is 113 Å². The van der Waals surface area contributed by atoms with Crippen LogP contribution in [0.15, 0.2) is 60.2 Å². The van der Waals surface area contributed by atoms with Gasteiger partial charge in [-0.15, -0.1) is 0 Å². The van der Waals surface area contributed by atoms with E-state index in [9.17, 15) is 62.7 Å². The number of benzene rings is 1. The summed E-state index contributed by atoms with van der Waals surface area (Å²) < 4.78 is 67.4. The number of carbonyl (C=O) groups excluding carboxylic acids is 6. The van der Waals surface area contributed by atoms with Crippen molar-refractivity contribution in [2.24, 2.45) is 5.92 Å². The third-order valence-corrected chi connectivity index (χ3v) is 15.3. The highest BCUT2D eigenvalue weighted by atomic mass is 31.2. The quantitative estimate of drug-likeness (QED) is 0.0330. The number of ether oxygens (including phenoxy) is 3. The van der Waals surface area contributed by atoms with E-state index in [0.717, 1.165) is 33.0 Å². The monoisotopic (exact) mass is 1190 g/mol. The highest BCUT2D eigenvalue weighted by molar-refractivity contribution is 7.47. The summed E-state index contributed by atoms with van der Waals surface area (Å²) >= 11 is 0. The Morgan fingerprint density at radius 3 is 1.99 bits per heavy atom. The number of imidazole rings is 2. The number of nitrogens with one attached hydrogen (secondary N) is 5. The van der Waals surface area contributed by atoms with Crippen LogP contribution in [0.3, 0.4) is 0 Å². The molecule has 36 heteroatoms. The predicted molar refractivity (Wildman–Crippen MR) is 277 cm³/mol. The number of nitrogen functional groups attached to an aromatic ring is 1. The molecule has 4 aliphatic heterocycles. The number of imide groups is 1. The zero-order valence-corrected chi connectivity index (χ0v) is 45.4. The topological polar surface area (TPSA) is 467 Å². The van der Waals surface area contributed by atoms with E-state index in [4.69, 9.17) is 38.0 Å². The molecule has 11 N–H and O–H groups in total. The molecule has 6 amide bonds. The molecule has 0 spiro atoms. The lowest BCUT2D eigenvalue weighted by Gasteiger charge is -2.27.